The fourth-order valence-corrected chi connectivity index (χ4v) is 3.53. The average molecular weight is 357 g/mol. The highest BCUT2D eigenvalue weighted by Crippen LogP contribution is 2.20. The lowest BCUT2D eigenvalue weighted by Gasteiger charge is -2.13. The fraction of sp³-hybridized carbons (Fsp3) is 0.684. The standard InChI is InChI=1S/C19H32O4S/c1-4-5-9-14-23-17(3)10-7-6-8-11-18-15-16(2)12-13-19(18)24(20,21)22/h12-13,15,17H,4-11,14H2,1-3H3,(H,20,21,22). The molecule has 0 bridgehead atoms. The molecule has 0 spiro atoms. The molecule has 0 saturated carbocycles. The Bertz CT molecular complexity index is 581. The number of aryl methyl sites for hydroxylation is 2. The smallest absolute Gasteiger partial charge is 0.294 e. The van der Waals surface area contributed by atoms with Crippen molar-refractivity contribution in [3.8, 4) is 0 Å². The van der Waals surface area contributed by atoms with Gasteiger partial charge >= 0.3 is 0 Å². The highest BCUT2D eigenvalue weighted by molar-refractivity contribution is 7.85. The molecular formula is C19H32O4S. The van der Waals surface area contributed by atoms with Gasteiger partial charge in [-0.2, -0.15) is 8.42 Å². The van der Waals surface area contributed by atoms with Crippen LogP contribution in [0.15, 0.2) is 23.1 Å². The van der Waals surface area contributed by atoms with Gasteiger partial charge in [-0.25, -0.2) is 0 Å². The largest absolute Gasteiger partial charge is 0.379 e. The van der Waals surface area contributed by atoms with Gasteiger partial charge in [0.1, 0.15) is 0 Å². The number of rotatable bonds is 12. The Hall–Kier alpha value is -0.910. The molecule has 0 fully saturated rings. The summed E-state index contributed by atoms with van der Waals surface area (Å²) in [5, 5.41) is 0. The average Bonchev–Trinajstić information content (AvgIpc) is 2.50. The molecule has 4 nitrogen and oxygen atoms in total. The van der Waals surface area contributed by atoms with E-state index in [1.807, 2.05) is 13.0 Å². The molecule has 0 aromatic heterocycles. The highest BCUT2D eigenvalue weighted by atomic mass is 32.2. The van der Waals surface area contributed by atoms with Crippen LogP contribution in [0.5, 0.6) is 0 Å². The molecule has 1 aromatic rings. The molecule has 1 atom stereocenters. The summed E-state index contributed by atoms with van der Waals surface area (Å²) in [6, 6.07) is 5.05. The van der Waals surface area contributed by atoms with E-state index in [2.05, 4.69) is 13.8 Å². The van der Waals surface area contributed by atoms with Crippen LogP contribution in [0.25, 0.3) is 0 Å². The van der Waals surface area contributed by atoms with Gasteiger partial charge in [0, 0.05) is 6.61 Å². The van der Waals surface area contributed by atoms with Crippen LogP contribution < -0.4 is 0 Å². The van der Waals surface area contributed by atoms with Crippen LogP contribution in [0.4, 0.5) is 0 Å². The quantitative estimate of drug-likeness (QED) is 0.425. The van der Waals surface area contributed by atoms with Gasteiger partial charge in [-0.15, -0.1) is 0 Å². The molecule has 5 heteroatoms. The van der Waals surface area contributed by atoms with Crippen LogP contribution >= 0.6 is 0 Å². The van der Waals surface area contributed by atoms with E-state index in [0.29, 0.717) is 12.0 Å². The second kappa shape index (κ2) is 10.9. The molecule has 24 heavy (non-hydrogen) atoms. The number of unbranched alkanes of at least 4 members (excludes halogenated alkanes) is 4. The van der Waals surface area contributed by atoms with Crippen molar-refractivity contribution >= 4 is 10.1 Å². The Labute approximate surface area is 147 Å². The van der Waals surface area contributed by atoms with Crippen LogP contribution in [0.1, 0.15) is 69.9 Å². The molecule has 0 heterocycles. The summed E-state index contributed by atoms with van der Waals surface area (Å²) in [7, 11) is -4.14. The zero-order valence-electron chi connectivity index (χ0n) is 15.3. The maximum Gasteiger partial charge on any atom is 0.294 e. The van der Waals surface area contributed by atoms with E-state index in [0.717, 1.165) is 44.3 Å². The maximum atomic E-state index is 11.4. The third-order valence-electron chi connectivity index (χ3n) is 4.20. The molecule has 0 amide bonds. The predicted octanol–water partition coefficient (Wildman–Crippen LogP) is 4.94. The zero-order valence-corrected chi connectivity index (χ0v) is 16.1. The van der Waals surface area contributed by atoms with Gasteiger partial charge in [-0.1, -0.05) is 50.3 Å². The topological polar surface area (TPSA) is 63.6 Å². The van der Waals surface area contributed by atoms with Crippen LogP contribution in [0, 0.1) is 6.92 Å². The van der Waals surface area contributed by atoms with Gasteiger partial charge in [0.15, 0.2) is 0 Å². The Balaban J connectivity index is 2.32. The van der Waals surface area contributed by atoms with Crippen LogP contribution in [-0.4, -0.2) is 25.7 Å². The first kappa shape index (κ1) is 21.1. The predicted molar refractivity (Wildman–Crippen MR) is 98.1 cm³/mol. The minimum atomic E-state index is -4.14. The van der Waals surface area contributed by atoms with E-state index in [9.17, 15) is 13.0 Å². The van der Waals surface area contributed by atoms with Gasteiger partial charge in [0.2, 0.25) is 0 Å². The third kappa shape index (κ3) is 8.27. The summed E-state index contributed by atoms with van der Waals surface area (Å²) in [6.07, 6.45) is 8.56. The lowest BCUT2D eigenvalue weighted by molar-refractivity contribution is 0.0559. The minimum Gasteiger partial charge on any atom is -0.379 e. The highest BCUT2D eigenvalue weighted by Gasteiger charge is 2.15. The summed E-state index contributed by atoms with van der Waals surface area (Å²) in [6.45, 7) is 7.07. The normalized spacial score (nSPS) is 13.2. The van der Waals surface area contributed by atoms with Crippen molar-refractivity contribution < 1.29 is 17.7 Å². The zero-order chi connectivity index (χ0) is 18.0. The fourth-order valence-electron chi connectivity index (χ4n) is 2.80. The first-order valence-electron chi connectivity index (χ1n) is 9.03. The summed E-state index contributed by atoms with van der Waals surface area (Å²) in [4.78, 5) is 0.0423. The van der Waals surface area contributed by atoms with Gasteiger partial charge in [-0.05, 0) is 51.2 Å². The van der Waals surface area contributed by atoms with Crippen molar-refractivity contribution in [2.75, 3.05) is 6.61 Å². The summed E-state index contributed by atoms with van der Waals surface area (Å²) >= 11 is 0. The minimum absolute atomic E-state index is 0.0423. The van der Waals surface area contributed by atoms with Crippen molar-refractivity contribution in [2.45, 2.75) is 83.1 Å². The molecule has 0 aliphatic heterocycles. The van der Waals surface area contributed by atoms with Gasteiger partial charge in [-0.3, -0.25) is 4.55 Å². The van der Waals surface area contributed by atoms with Gasteiger partial charge in [0.25, 0.3) is 10.1 Å². The SMILES string of the molecule is CCCCCOC(C)CCCCCc1cc(C)ccc1S(=O)(=O)O. The van der Waals surface area contributed by atoms with E-state index in [4.69, 9.17) is 4.74 Å². The van der Waals surface area contributed by atoms with Crippen molar-refractivity contribution in [3.63, 3.8) is 0 Å². The van der Waals surface area contributed by atoms with E-state index >= 15 is 0 Å². The maximum absolute atomic E-state index is 11.4. The second-order valence-electron chi connectivity index (χ2n) is 6.57. The summed E-state index contributed by atoms with van der Waals surface area (Å²) in [5.41, 5.74) is 1.72. The van der Waals surface area contributed by atoms with E-state index in [1.54, 1.807) is 6.07 Å². The Kier molecular flexibility index (Phi) is 9.56. The van der Waals surface area contributed by atoms with E-state index in [1.165, 1.54) is 18.9 Å². The van der Waals surface area contributed by atoms with Gasteiger partial charge in [0.05, 0.1) is 11.0 Å². The Morgan fingerprint density at radius 3 is 2.54 bits per heavy atom. The molecule has 138 valence electrons. The van der Waals surface area contributed by atoms with Crippen LogP contribution in [-0.2, 0) is 21.3 Å². The van der Waals surface area contributed by atoms with E-state index < -0.39 is 10.1 Å². The van der Waals surface area contributed by atoms with Crippen molar-refractivity contribution in [1.82, 2.24) is 0 Å². The molecule has 0 radical (unpaired) electrons. The Morgan fingerprint density at radius 2 is 1.88 bits per heavy atom. The van der Waals surface area contributed by atoms with E-state index in [-0.39, 0.29) is 11.0 Å². The molecule has 0 aliphatic rings. The monoisotopic (exact) mass is 356 g/mol. The number of hydrogen-bond donors (Lipinski definition) is 1. The number of ether oxygens (including phenoxy) is 1. The van der Waals surface area contributed by atoms with Gasteiger partial charge < -0.3 is 4.74 Å². The first-order chi connectivity index (χ1) is 11.3. The number of benzene rings is 1. The third-order valence-corrected chi connectivity index (χ3v) is 5.16. The summed E-state index contributed by atoms with van der Waals surface area (Å²) < 4.78 is 37.9. The van der Waals surface area contributed by atoms with Crippen LogP contribution in [0.2, 0.25) is 0 Å². The van der Waals surface area contributed by atoms with Crippen LogP contribution in [0.3, 0.4) is 0 Å². The van der Waals surface area contributed by atoms with Crippen molar-refractivity contribution in [1.29, 1.82) is 0 Å². The molecule has 0 aliphatic carbocycles. The molecule has 1 unspecified atom stereocenters. The lowest BCUT2D eigenvalue weighted by Crippen LogP contribution is -2.09. The summed E-state index contributed by atoms with van der Waals surface area (Å²) in [5.74, 6) is 0. The lowest BCUT2D eigenvalue weighted by atomic mass is 10.0. The number of hydrogen-bond acceptors (Lipinski definition) is 3. The second-order valence-corrected chi connectivity index (χ2v) is 7.96. The molecule has 0 saturated heterocycles. The molecule has 1 rings (SSSR count). The Morgan fingerprint density at radius 1 is 1.12 bits per heavy atom. The molecule has 1 aromatic carbocycles. The molecular weight excluding hydrogens is 324 g/mol. The molecule has 1 N–H and O–H groups in total. The van der Waals surface area contributed by atoms with Crippen molar-refractivity contribution in [2.24, 2.45) is 0 Å². The van der Waals surface area contributed by atoms with Crippen molar-refractivity contribution in [3.05, 3.63) is 29.3 Å². The first-order valence-corrected chi connectivity index (χ1v) is 10.5.